The van der Waals surface area contributed by atoms with E-state index in [0.29, 0.717) is 11.6 Å². The van der Waals surface area contributed by atoms with Crippen molar-refractivity contribution < 1.29 is 13.2 Å². The van der Waals surface area contributed by atoms with Gasteiger partial charge in [-0.25, -0.2) is 8.42 Å². The summed E-state index contributed by atoms with van der Waals surface area (Å²) in [6.07, 6.45) is 2.10. The van der Waals surface area contributed by atoms with E-state index in [2.05, 4.69) is 15.5 Å². The molecule has 0 radical (unpaired) electrons. The molecule has 24 heavy (non-hydrogen) atoms. The molecule has 1 aliphatic heterocycles. The van der Waals surface area contributed by atoms with Crippen molar-refractivity contribution >= 4 is 27.5 Å². The lowest BCUT2D eigenvalue weighted by molar-refractivity contribution is -0.119. The van der Waals surface area contributed by atoms with Crippen molar-refractivity contribution in [3.05, 3.63) is 36.2 Å². The molecule has 128 valence electrons. The summed E-state index contributed by atoms with van der Waals surface area (Å²) in [5, 5.41) is 11.4. The van der Waals surface area contributed by atoms with E-state index < -0.39 is 9.84 Å². The molecule has 1 N–H and O–H groups in total. The van der Waals surface area contributed by atoms with E-state index in [0.717, 1.165) is 11.3 Å². The number of nitrogens with one attached hydrogen (secondary N) is 1. The van der Waals surface area contributed by atoms with Gasteiger partial charge in [-0.05, 0) is 25.0 Å². The molecular weight excluding hydrogens is 348 g/mol. The molecule has 1 fully saturated rings. The van der Waals surface area contributed by atoms with Gasteiger partial charge < -0.3 is 5.32 Å². The third-order valence-electron chi connectivity index (χ3n) is 3.82. The van der Waals surface area contributed by atoms with Crippen molar-refractivity contribution in [2.45, 2.75) is 24.5 Å². The number of hydrogen-bond acceptors (Lipinski definition) is 6. The van der Waals surface area contributed by atoms with Crippen molar-refractivity contribution in [3.8, 4) is 5.69 Å². The number of nitrogens with zero attached hydrogens (tertiary/aromatic N) is 3. The van der Waals surface area contributed by atoms with Gasteiger partial charge in [-0.2, -0.15) is 0 Å². The normalized spacial score (nSPS) is 19.3. The summed E-state index contributed by atoms with van der Waals surface area (Å²) >= 11 is 1.28. The van der Waals surface area contributed by atoms with Crippen LogP contribution in [-0.2, 0) is 14.6 Å². The fourth-order valence-corrected chi connectivity index (χ4v) is 5.04. The van der Waals surface area contributed by atoms with Crippen molar-refractivity contribution in [2.24, 2.45) is 0 Å². The summed E-state index contributed by atoms with van der Waals surface area (Å²) in [5.74, 6) is 0.151. The fourth-order valence-electron chi connectivity index (χ4n) is 2.63. The minimum atomic E-state index is -2.99. The van der Waals surface area contributed by atoms with E-state index in [1.54, 1.807) is 6.33 Å². The van der Waals surface area contributed by atoms with E-state index >= 15 is 0 Å². The van der Waals surface area contributed by atoms with Gasteiger partial charge in [-0.1, -0.05) is 30.0 Å². The predicted octanol–water partition coefficient (Wildman–Crippen LogP) is 0.971. The summed E-state index contributed by atoms with van der Waals surface area (Å²) < 4.78 is 24.7. The number of rotatable bonds is 5. The Morgan fingerprint density at radius 3 is 2.92 bits per heavy atom. The molecule has 9 heteroatoms. The molecule has 0 unspecified atom stereocenters. The molecule has 1 aliphatic rings. The Hall–Kier alpha value is -1.87. The van der Waals surface area contributed by atoms with Crippen molar-refractivity contribution in [1.82, 2.24) is 20.1 Å². The van der Waals surface area contributed by atoms with Crippen LogP contribution in [0.3, 0.4) is 0 Å². The summed E-state index contributed by atoms with van der Waals surface area (Å²) in [4.78, 5) is 12.0. The molecule has 0 saturated carbocycles. The first kappa shape index (κ1) is 17.0. The van der Waals surface area contributed by atoms with E-state index in [4.69, 9.17) is 0 Å². The molecule has 1 aromatic heterocycles. The van der Waals surface area contributed by atoms with Crippen LogP contribution in [0.25, 0.3) is 5.69 Å². The number of carbonyl (C=O) groups excluding carboxylic acids is 1. The molecule has 1 saturated heterocycles. The predicted molar refractivity (Wildman–Crippen MR) is 92.0 cm³/mol. The van der Waals surface area contributed by atoms with Gasteiger partial charge in [-0.3, -0.25) is 9.36 Å². The second-order valence-electron chi connectivity index (χ2n) is 5.73. The minimum Gasteiger partial charge on any atom is -0.352 e. The summed E-state index contributed by atoms with van der Waals surface area (Å²) in [6.45, 7) is 2.00. The van der Waals surface area contributed by atoms with Crippen LogP contribution >= 0.6 is 11.8 Å². The first-order chi connectivity index (χ1) is 11.4. The quantitative estimate of drug-likeness (QED) is 0.793. The van der Waals surface area contributed by atoms with Gasteiger partial charge in [0.25, 0.3) is 0 Å². The Balaban J connectivity index is 1.61. The van der Waals surface area contributed by atoms with Crippen LogP contribution < -0.4 is 5.32 Å². The lowest BCUT2D eigenvalue weighted by Gasteiger charge is -2.11. The molecule has 3 rings (SSSR count). The SMILES string of the molecule is Cc1ccccc1-n1cnnc1SCC(=O)N[C@@H]1CCS(=O)(=O)C1. The van der Waals surface area contributed by atoms with Gasteiger partial charge in [-0.15, -0.1) is 10.2 Å². The van der Waals surface area contributed by atoms with Crippen molar-refractivity contribution in [1.29, 1.82) is 0 Å². The zero-order valence-corrected chi connectivity index (χ0v) is 14.8. The number of aryl methyl sites for hydroxylation is 1. The van der Waals surface area contributed by atoms with Crippen LogP contribution in [0.5, 0.6) is 0 Å². The molecule has 0 aliphatic carbocycles. The number of aromatic nitrogens is 3. The highest BCUT2D eigenvalue weighted by Gasteiger charge is 2.28. The lowest BCUT2D eigenvalue weighted by atomic mass is 10.2. The lowest BCUT2D eigenvalue weighted by Crippen LogP contribution is -2.36. The molecule has 0 spiro atoms. The molecule has 1 amide bonds. The first-order valence-corrected chi connectivity index (χ1v) is 10.3. The van der Waals surface area contributed by atoms with Crippen LogP contribution in [0, 0.1) is 6.92 Å². The standard InChI is InChI=1S/C15H18N4O3S2/c1-11-4-2-3-5-13(11)19-10-16-18-15(19)23-8-14(20)17-12-6-7-24(21,22)9-12/h2-5,10,12H,6-9H2,1H3,(H,17,20)/t12-/m1/s1. The maximum atomic E-state index is 12.0. The van der Waals surface area contributed by atoms with E-state index in [9.17, 15) is 13.2 Å². The number of carbonyl (C=O) groups is 1. The monoisotopic (exact) mass is 366 g/mol. The maximum absolute atomic E-state index is 12.0. The van der Waals surface area contributed by atoms with Gasteiger partial charge in [0.1, 0.15) is 6.33 Å². The molecule has 1 atom stereocenters. The number of amides is 1. The maximum Gasteiger partial charge on any atom is 0.230 e. The minimum absolute atomic E-state index is 0.0306. The van der Waals surface area contributed by atoms with Crippen LogP contribution in [0.4, 0.5) is 0 Å². The highest BCUT2D eigenvalue weighted by atomic mass is 32.2. The zero-order chi connectivity index (χ0) is 17.2. The van der Waals surface area contributed by atoms with E-state index in [1.165, 1.54) is 11.8 Å². The Bertz CT molecular complexity index is 848. The topological polar surface area (TPSA) is 93.9 Å². The average molecular weight is 366 g/mol. The smallest absolute Gasteiger partial charge is 0.230 e. The Labute approximate surface area is 144 Å². The van der Waals surface area contributed by atoms with E-state index in [1.807, 2.05) is 35.8 Å². The van der Waals surface area contributed by atoms with Gasteiger partial charge in [0.05, 0.1) is 22.9 Å². The van der Waals surface area contributed by atoms with Crippen LogP contribution in [0.1, 0.15) is 12.0 Å². The van der Waals surface area contributed by atoms with Crippen LogP contribution in [0.2, 0.25) is 0 Å². The van der Waals surface area contributed by atoms with Gasteiger partial charge in [0.2, 0.25) is 5.91 Å². The third kappa shape index (κ3) is 3.96. The number of sulfone groups is 1. The molecule has 0 bridgehead atoms. The molecular formula is C15H18N4O3S2. The number of para-hydroxylation sites is 1. The average Bonchev–Trinajstić information content (AvgIpc) is 3.12. The molecule has 2 heterocycles. The zero-order valence-electron chi connectivity index (χ0n) is 13.2. The highest BCUT2D eigenvalue weighted by molar-refractivity contribution is 7.99. The second-order valence-corrected chi connectivity index (χ2v) is 8.90. The fraction of sp³-hybridized carbons (Fsp3) is 0.400. The third-order valence-corrected chi connectivity index (χ3v) is 6.53. The number of benzene rings is 1. The van der Waals surface area contributed by atoms with Gasteiger partial charge >= 0.3 is 0 Å². The number of hydrogen-bond donors (Lipinski definition) is 1. The van der Waals surface area contributed by atoms with Crippen molar-refractivity contribution in [2.75, 3.05) is 17.3 Å². The first-order valence-electron chi connectivity index (χ1n) is 7.53. The summed E-state index contributed by atoms with van der Waals surface area (Å²) in [5.41, 5.74) is 2.05. The summed E-state index contributed by atoms with van der Waals surface area (Å²) in [6, 6.07) is 7.57. The Morgan fingerprint density at radius 1 is 1.42 bits per heavy atom. The van der Waals surface area contributed by atoms with E-state index in [-0.39, 0.29) is 29.2 Å². The van der Waals surface area contributed by atoms with Crippen LogP contribution in [0.15, 0.2) is 35.7 Å². The van der Waals surface area contributed by atoms with Crippen molar-refractivity contribution in [3.63, 3.8) is 0 Å². The van der Waals surface area contributed by atoms with Gasteiger partial charge in [0, 0.05) is 6.04 Å². The van der Waals surface area contributed by atoms with Crippen LogP contribution in [-0.4, -0.2) is 52.4 Å². The Kier molecular flexibility index (Phi) is 4.91. The van der Waals surface area contributed by atoms with Gasteiger partial charge in [0.15, 0.2) is 15.0 Å². The molecule has 2 aromatic rings. The highest BCUT2D eigenvalue weighted by Crippen LogP contribution is 2.21. The largest absolute Gasteiger partial charge is 0.352 e. The summed E-state index contributed by atoms with van der Waals surface area (Å²) in [7, 11) is -2.99. The molecule has 1 aromatic carbocycles. The number of thioether (sulfide) groups is 1. The Morgan fingerprint density at radius 2 is 2.21 bits per heavy atom. The molecule has 7 nitrogen and oxygen atoms in total. The second kappa shape index (κ2) is 6.94.